The first-order valence-corrected chi connectivity index (χ1v) is 27.2. The molecule has 6 nitrogen and oxygen atoms in total. The number of rotatable bonds is 49. The van der Waals surface area contributed by atoms with Gasteiger partial charge in [0.15, 0.2) is 6.10 Å². The number of esters is 3. The number of unbranched alkanes of at least 4 members (excludes halogenated alkanes) is 34. The van der Waals surface area contributed by atoms with E-state index >= 15 is 0 Å². The Hall–Kier alpha value is -1.59. The molecule has 0 aromatic heterocycles. The monoisotopic (exact) mass is 863 g/mol. The van der Waals surface area contributed by atoms with E-state index in [1.54, 1.807) is 0 Å². The molecule has 362 valence electrons. The van der Waals surface area contributed by atoms with E-state index in [1.165, 1.54) is 193 Å². The Morgan fingerprint density at radius 3 is 0.803 bits per heavy atom. The smallest absolute Gasteiger partial charge is 0.306 e. The van der Waals surface area contributed by atoms with E-state index in [9.17, 15) is 14.4 Å². The maximum absolute atomic E-state index is 12.8. The third kappa shape index (κ3) is 49.3. The maximum Gasteiger partial charge on any atom is 0.306 e. The fourth-order valence-corrected chi connectivity index (χ4v) is 8.34. The molecule has 0 saturated heterocycles. The molecule has 1 atom stereocenters. The van der Waals surface area contributed by atoms with Gasteiger partial charge in [0, 0.05) is 19.3 Å². The average Bonchev–Trinajstić information content (AvgIpc) is 3.23. The molecule has 0 aliphatic rings. The number of hydrogen-bond donors (Lipinski definition) is 0. The first-order chi connectivity index (χ1) is 29.7. The fraction of sp³-hybridized carbons (Fsp3) is 0.945. The van der Waals surface area contributed by atoms with Gasteiger partial charge in [0.2, 0.25) is 0 Å². The van der Waals surface area contributed by atoms with Crippen molar-refractivity contribution in [3.63, 3.8) is 0 Å². The Balaban J connectivity index is 4.30. The van der Waals surface area contributed by atoms with Crippen LogP contribution < -0.4 is 0 Å². The van der Waals surface area contributed by atoms with Gasteiger partial charge in [-0.2, -0.15) is 0 Å². The molecule has 0 amide bonds. The standard InChI is InChI=1S/C55H106O6/c1-6-7-8-9-10-11-12-13-14-15-16-21-26-32-37-42-47-55(58)61-52(49-60-54(57)46-41-36-31-27-22-24-29-34-39-44-51(4)5)48-59-53(56)45-40-35-30-25-20-18-17-19-23-28-33-38-43-50(2)3/h50-52H,6-49H2,1-5H3/t52-/m1/s1. The molecular weight excluding hydrogens is 757 g/mol. The largest absolute Gasteiger partial charge is 0.462 e. The van der Waals surface area contributed by atoms with Crippen molar-refractivity contribution in [1.29, 1.82) is 0 Å². The Labute approximate surface area is 380 Å². The molecule has 0 bridgehead atoms. The average molecular weight is 863 g/mol. The molecule has 61 heavy (non-hydrogen) atoms. The molecule has 0 unspecified atom stereocenters. The Bertz CT molecular complexity index is 931. The highest BCUT2D eigenvalue weighted by molar-refractivity contribution is 5.71. The third-order valence-electron chi connectivity index (χ3n) is 12.5. The molecule has 0 rings (SSSR count). The second kappa shape index (κ2) is 47.9. The van der Waals surface area contributed by atoms with Gasteiger partial charge in [0.1, 0.15) is 13.2 Å². The van der Waals surface area contributed by atoms with E-state index in [1.807, 2.05) is 0 Å². The molecule has 0 aromatic rings. The molecule has 0 radical (unpaired) electrons. The lowest BCUT2D eigenvalue weighted by molar-refractivity contribution is -0.167. The summed E-state index contributed by atoms with van der Waals surface area (Å²) in [5.74, 6) is 0.797. The van der Waals surface area contributed by atoms with E-state index in [-0.39, 0.29) is 31.1 Å². The zero-order chi connectivity index (χ0) is 44.7. The van der Waals surface area contributed by atoms with Crippen LogP contribution in [0.15, 0.2) is 0 Å². The summed E-state index contributed by atoms with van der Waals surface area (Å²) in [7, 11) is 0. The molecule has 0 fully saturated rings. The van der Waals surface area contributed by atoms with Crippen molar-refractivity contribution in [3.8, 4) is 0 Å². The van der Waals surface area contributed by atoms with Crippen LogP contribution in [0.25, 0.3) is 0 Å². The van der Waals surface area contributed by atoms with Crippen LogP contribution >= 0.6 is 0 Å². The topological polar surface area (TPSA) is 78.9 Å². The molecule has 0 heterocycles. The minimum atomic E-state index is -0.762. The van der Waals surface area contributed by atoms with Gasteiger partial charge in [0.05, 0.1) is 0 Å². The highest BCUT2D eigenvalue weighted by Gasteiger charge is 2.19. The predicted molar refractivity (Wildman–Crippen MR) is 261 cm³/mol. The van der Waals surface area contributed by atoms with Crippen molar-refractivity contribution < 1.29 is 28.6 Å². The number of hydrogen-bond acceptors (Lipinski definition) is 6. The van der Waals surface area contributed by atoms with Crippen LogP contribution in [0, 0.1) is 11.8 Å². The van der Waals surface area contributed by atoms with Crippen LogP contribution in [-0.2, 0) is 28.6 Å². The van der Waals surface area contributed by atoms with E-state index in [0.29, 0.717) is 19.3 Å². The lowest BCUT2D eigenvalue weighted by Crippen LogP contribution is -2.30. The Morgan fingerprint density at radius 2 is 0.541 bits per heavy atom. The molecule has 0 aliphatic carbocycles. The molecule has 0 saturated carbocycles. The lowest BCUT2D eigenvalue weighted by atomic mass is 10.0. The predicted octanol–water partition coefficient (Wildman–Crippen LogP) is 17.7. The van der Waals surface area contributed by atoms with Crippen molar-refractivity contribution in [1.82, 2.24) is 0 Å². The zero-order valence-corrected chi connectivity index (χ0v) is 41.8. The number of carbonyl (C=O) groups is 3. The quantitative estimate of drug-likeness (QED) is 0.0344. The van der Waals surface area contributed by atoms with Crippen LogP contribution in [0.3, 0.4) is 0 Å². The summed E-state index contributed by atoms with van der Waals surface area (Å²) in [5, 5.41) is 0. The maximum atomic E-state index is 12.8. The first kappa shape index (κ1) is 59.4. The highest BCUT2D eigenvalue weighted by atomic mass is 16.6. The van der Waals surface area contributed by atoms with Gasteiger partial charge in [-0.05, 0) is 31.1 Å². The van der Waals surface area contributed by atoms with Gasteiger partial charge >= 0.3 is 17.9 Å². The van der Waals surface area contributed by atoms with Crippen molar-refractivity contribution in [3.05, 3.63) is 0 Å². The second-order valence-corrected chi connectivity index (χ2v) is 19.8. The van der Waals surface area contributed by atoms with Crippen LogP contribution in [0.4, 0.5) is 0 Å². The van der Waals surface area contributed by atoms with Crippen molar-refractivity contribution in [2.24, 2.45) is 11.8 Å². The normalized spacial score (nSPS) is 12.0. The molecule has 0 N–H and O–H groups in total. The van der Waals surface area contributed by atoms with Gasteiger partial charge in [-0.15, -0.1) is 0 Å². The summed E-state index contributed by atoms with van der Waals surface area (Å²) in [6.07, 6.45) is 49.5. The Kier molecular flexibility index (Phi) is 46.6. The van der Waals surface area contributed by atoms with Crippen molar-refractivity contribution in [2.45, 2.75) is 310 Å². The van der Waals surface area contributed by atoms with Gasteiger partial charge in [-0.1, -0.05) is 266 Å². The van der Waals surface area contributed by atoms with E-state index < -0.39 is 6.10 Å². The van der Waals surface area contributed by atoms with Gasteiger partial charge in [0.25, 0.3) is 0 Å². The summed E-state index contributed by atoms with van der Waals surface area (Å²) in [5.41, 5.74) is 0. The molecular formula is C55H106O6. The minimum absolute atomic E-state index is 0.0635. The number of ether oxygens (including phenoxy) is 3. The minimum Gasteiger partial charge on any atom is -0.462 e. The van der Waals surface area contributed by atoms with E-state index in [4.69, 9.17) is 14.2 Å². The van der Waals surface area contributed by atoms with Crippen molar-refractivity contribution in [2.75, 3.05) is 13.2 Å². The van der Waals surface area contributed by atoms with Gasteiger partial charge < -0.3 is 14.2 Å². The van der Waals surface area contributed by atoms with Gasteiger partial charge in [-0.3, -0.25) is 14.4 Å². The van der Waals surface area contributed by atoms with Crippen LogP contribution in [0.1, 0.15) is 304 Å². The summed E-state index contributed by atoms with van der Waals surface area (Å²) < 4.78 is 16.8. The highest BCUT2D eigenvalue weighted by Crippen LogP contribution is 2.18. The molecule has 0 aromatic carbocycles. The zero-order valence-electron chi connectivity index (χ0n) is 41.8. The third-order valence-corrected chi connectivity index (χ3v) is 12.5. The summed E-state index contributed by atoms with van der Waals surface area (Å²) in [6, 6.07) is 0. The second-order valence-electron chi connectivity index (χ2n) is 19.8. The van der Waals surface area contributed by atoms with Gasteiger partial charge in [-0.25, -0.2) is 0 Å². The molecule has 0 aliphatic heterocycles. The summed E-state index contributed by atoms with van der Waals surface area (Å²) in [6.45, 7) is 11.4. The Morgan fingerprint density at radius 1 is 0.311 bits per heavy atom. The molecule has 0 spiro atoms. The van der Waals surface area contributed by atoms with Crippen LogP contribution in [0.2, 0.25) is 0 Å². The first-order valence-electron chi connectivity index (χ1n) is 27.2. The van der Waals surface area contributed by atoms with Crippen molar-refractivity contribution >= 4 is 17.9 Å². The summed E-state index contributed by atoms with van der Waals surface area (Å²) >= 11 is 0. The SMILES string of the molecule is CCCCCCCCCCCCCCCCCCC(=O)O[C@H](COC(=O)CCCCCCCCCCCCCCC(C)C)COC(=O)CCCCCCCCCCCC(C)C. The van der Waals surface area contributed by atoms with E-state index in [0.717, 1.165) is 69.6 Å². The van der Waals surface area contributed by atoms with Crippen LogP contribution in [-0.4, -0.2) is 37.2 Å². The number of carbonyl (C=O) groups excluding carboxylic acids is 3. The van der Waals surface area contributed by atoms with E-state index in [2.05, 4.69) is 34.6 Å². The lowest BCUT2D eigenvalue weighted by Gasteiger charge is -2.18. The fourth-order valence-electron chi connectivity index (χ4n) is 8.34. The van der Waals surface area contributed by atoms with Crippen LogP contribution in [0.5, 0.6) is 0 Å². The molecule has 6 heteroatoms. The summed E-state index contributed by atoms with van der Waals surface area (Å²) in [4.78, 5) is 38.0.